The summed E-state index contributed by atoms with van der Waals surface area (Å²) in [6.07, 6.45) is 10.8. The first-order valence-electron chi connectivity index (χ1n) is 8.51. The Morgan fingerprint density at radius 3 is 1.83 bits per heavy atom. The zero-order valence-electron chi connectivity index (χ0n) is 13.8. The summed E-state index contributed by atoms with van der Waals surface area (Å²) in [5.41, 5.74) is 14.1. The van der Waals surface area contributed by atoms with Crippen molar-refractivity contribution in [2.75, 3.05) is 6.54 Å². The van der Waals surface area contributed by atoms with Crippen molar-refractivity contribution in [3.8, 4) is 0 Å². The molecule has 0 aromatic carbocycles. The summed E-state index contributed by atoms with van der Waals surface area (Å²) in [5, 5.41) is 0. The van der Waals surface area contributed by atoms with E-state index in [1.54, 1.807) is 0 Å². The first kappa shape index (κ1) is 17.6. The van der Waals surface area contributed by atoms with E-state index in [0.717, 1.165) is 50.0 Å². The van der Waals surface area contributed by atoms with Crippen molar-refractivity contribution in [3.05, 3.63) is 60.2 Å². The van der Waals surface area contributed by atoms with Gasteiger partial charge in [0.1, 0.15) is 0 Å². The molecular formula is C19H28N4. The molecule has 0 aliphatic heterocycles. The van der Waals surface area contributed by atoms with Crippen LogP contribution in [0.2, 0.25) is 0 Å². The maximum absolute atomic E-state index is 6.77. The molecule has 4 N–H and O–H groups in total. The number of aromatic nitrogens is 2. The van der Waals surface area contributed by atoms with Crippen LogP contribution < -0.4 is 11.5 Å². The molecular weight excluding hydrogens is 284 g/mol. The van der Waals surface area contributed by atoms with Gasteiger partial charge in [0.05, 0.1) is 0 Å². The van der Waals surface area contributed by atoms with Gasteiger partial charge in [0.2, 0.25) is 0 Å². The second-order valence-corrected chi connectivity index (χ2v) is 6.31. The number of nitrogens with zero attached hydrogens (tertiary/aromatic N) is 2. The molecule has 0 unspecified atom stereocenters. The maximum atomic E-state index is 6.77. The van der Waals surface area contributed by atoms with E-state index in [1.165, 1.54) is 12.8 Å². The molecule has 0 saturated carbocycles. The van der Waals surface area contributed by atoms with Crippen molar-refractivity contribution in [1.29, 1.82) is 0 Å². The molecule has 4 nitrogen and oxygen atoms in total. The van der Waals surface area contributed by atoms with Crippen molar-refractivity contribution in [2.24, 2.45) is 11.5 Å². The molecule has 0 saturated heterocycles. The lowest BCUT2D eigenvalue weighted by Crippen LogP contribution is -2.44. The van der Waals surface area contributed by atoms with E-state index in [4.69, 9.17) is 11.5 Å². The molecule has 0 radical (unpaired) electrons. The first-order valence-corrected chi connectivity index (χ1v) is 8.51. The SMILES string of the molecule is NCCCCCCC(N)(Cc1ccccn1)Cc1ccccn1. The van der Waals surface area contributed by atoms with Crippen LogP contribution >= 0.6 is 0 Å². The summed E-state index contributed by atoms with van der Waals surface area (Å²) in [5.74, 6) is 0. The van der Waals surface area contributed by atoms with Crippen LogP contribution in [0.4, 0.5) is 0 Å². The van der Waals surface area contributed by atoms with Gasteiger partial charge in [-0.15, -0.1) is 0 Å². The first-order chi connectivity index (χ1) is 11.2. The van der Waals surface area contributed by atoms with Gasteiger partial charge >= 0.3 is 0 Å². The Morgan fingerprint density at radius 2 is 1.35 bits per heavy atom. The molecule has 124 valence electrons. The van der Waals surface area contributed by atoms with Crippen molar-refractivity contribution in [1.82, 2.24) is 9.97 Å². The third kappa shape index (κ3) is 6.47. The Morgan fingerprint density at radius 1 is 0.783 bits per heavy atom. The number of rotatable bonds is 10. The monoisotopic (exact) mass is 312 g/mol. The summed E-state index contributed by atoms with van der Waals surface area (Å²) in [7, 11) is 0. The predicted octanol–water partition coefficient (Wildman–Crippen LogP) is 2.87. The molecule has 0 spiro atoms. The number of nitrogens with two attached hydrogens (primary N) is 2. The van der Waals surface area contributed by atoms with Crippen LogP contribution in [0.3, 0.4) is 0 Å². The van der Waals surface area contributed by atoms with Gasteiger partial charge in [-0.05, 0) is 43.7 Å². The third-order valence-electron chi connectivity index (χ3n) is 4.15. The Kier molecular flexibility index (Phi) is 7.17. The van der Waals surface area contributed by atoms with Gasteiger partial charge in [-0.25, -0.2) is 0 Å². The average Bonchev–Trinajstić information content (AvgIpc) is 2.56. The van der Waals surface area contributed by atoms with Gasteiger partial charge in [0, 0.05) is 42.2 Å². The Balaban J connectivity index is 2.00. The van der Waals surface area contributed by atoms with Gasteiger partial charge < -0.3 is 11.5 Å². The van der Waals surface area contributed by atoms with Crippen molar-refractivity contribution < 1.29 is 0 Å². The fraction of sp³-hybridized carbons (Fsp3) is 0.474. The lowest BCUT2D eigenvalue weighted by atomic mass is 9.83. The summed E-state index contributed by atoms with van der Waals surface area (Å²) in [4.78, 5) is 8.89. The zero-order valence-corrected chi connectivity index (χ0v) is 13.8. The van der Waals surface area contributed by atoms with Crippen LogP contribution in [-0.2, 0) is 12.8 Å². The van der Waals surface area contributed by atoms with Crippen LogP contribution in [0, 0.1) is 0 Å². The summed E-state index contributed by atoms with van der Waals surface area (Å²) >= 11 is 0. The lowest BCUT2D eigenvalue weighted by molar-refractivity contribution is 0.362. The van der Waals surface area contributed by atoms with Gasteiger partial charge in [-0.1, -0.05) is 31.4 Å². The Hall–Kier alpha value is -1.78. The molecule has 0 amide bonds. The summed E-state index contributed by atoms with van der Waals surface area (Å²) in [6.45, 7) is 0.773. The standard InChI is InChI=1S/C19H28N4/c20-12-6-2-1-5-11-19(21,15-17-9-3-7-13-22-17)16-18-10-4-8-14-23-18/h3-4,7-10,13-14H,1-2,5-6,11-12,15-16,20-21H2. The minimum absolute atomic E-state index is 0.300. The van der Waals surface area contributed by atoms with Crippen molar-refractivity contribution in [3.63, 3.8) is 0 Å². The molecule has 0 bridgehead atoms. The minimum atomic E-state index is -0.300. The fourth-order valence-electron chi connectivity index (χ4n) is 2.94. The van der Waals surface area contributed by atoms with E-state index in [-0.39, 0.29) is 5.54 Å². The van der Waals surface area contributed by atoms with E-state index >= 15 is 0 Å². The van der Waals surface area contributed by atoms with Crippen LogP contribution in [0.5, 0.6) is 0 Å². The van der Waals surface area contributed by atoms with Crippen LogP contribution in [0.1, 0.15) is 43.5 Å². The molecule has 4 heteroatoms. The number of hydrogen-bond donors (Lipinski definition) is 2. The highest BCUT2D eigenvalue weighted by Gasteiger charge is 2.26. The molecule has 23 heavy (non-hydrogen) atoms. The largest absolute Gasteiger partial charge is 0.330 e. The summed E-state index contributed by atoms with van der Waals surface area (Å²) in [6, 6.07) is 12.0. The Labute approximate surface area is 139 Å². The van der Waals surface area contributed by atoms with Gasteiger partial charge in [-0.3, -0.25) is 9.97 Å². The second-order valence-electron chi connectivity index (χ2n) is 6.31. The molecule has 2 rings (SSSR count). The van der Waals surface area contributed by atoms with Crippen LogP contribution in [-0.4, -0.2) is 22.1 Å². The van der Waals surface area contributed by atoms with E-state index in [1.807, 2.05) is 36.7 Å². The van der Waals surface area contributed by atoms with Crippen LogP contribution in [0.25, 0.3) is 0 Å². The van der Waals surface area contributed by atoms with Gasteiger partial charge in [0.25, 0.3) is 0 Å². The minimum Gasteiger partial charge on any atom is -0.330 e. The number of pyridine rings is 2. The highest BCUT2D eigenvalue weighted by molar-refractivity contribution is 5.13. The van der Waals surface area contributed by atoms with Gasteiger partial charge in [0.15, 0.2) is 0 Å². The number of hydrogen-bond acceptors (Lipinski definition) is 4. The van der Waals surface area contributed by atoms with Crippen LogP contribution in [0.15, 0.2) is 48.8 Å². The van der Waals surface area contributed by atoms with E-state index in [9.17, 15) is 0 Å². The van der Waals surface area contributed by atoms with Gasteiger partial charge in [-0.2, -0.15) is 0 Å². The molecule has 0 fully saturated rings. The molecule has 0 aliphatic rings. The maximum Gasteiger partial charge on any atom is 0.0422 e. The second kappa shape index (κ2) is 9.38. The van der Waals surface area contributed by atoms with E-state index in [2.05, 4.69) is 22.1 Å². The number of unbranched alkanes of at least 4 members (excludes halogenated alkanes) is 3. The highest BCUT2D eigenvalue weighted by Crippen LogP contribution is 2.22. The lowest BCUT2D eigenvalue weighted by Gasteiger charge is -2.29. The smallest absolute Gasteiger partial charge is 0.0422 e. The fourth-order valence-corrected chi connectivity index (χ4v) is 2.94. The zero-order chi connectivity index (χ0) is 16.4. The van der Waals surface area contributed by atoms with E-state index in [0.29, 0.717) is 0 Å². The highest BCUT2D eigenvalue weighted by atomic mass is 14.8. The van der Waals surface area contributed by atoms with Crippen molar-refractivity contribution in [2.45, 2.75) is 50.5 Å². The molecule has 2 aromatic heterocycles. The normalized spacial score (nSPS) is 11.6. The van der Waals surface area contributed by atoms with E-state index < -0.39 is 0 Å². The third-order valence-corrected chi connectivity index (χ3v) is 4.15. The average molecular weight is 312 g/mol. The molecule has 0 atom stereocenters. The molecule has 2 aromatic rings. The summed E-state index contributed by atoms with van der Waals surface area (Å²) < 4.78 is 0. The van der Waals surface area contributed by atoms with Crippen molar-refractivity contribution >= 4 is 0 Å². The quantitative estimate of drug-likeness (QED) is 0.661. The predicted molar refractivity (Wildman–Crippen MR) is 94.9 cm³/mol. The topological polar surface area (TPSA) is 77.8 Å². The Bertz CT molecular complexity index is 500. The molecule has 0 aliphatic carbocycles. The molecule has 2 heterocycles.